The number of sulfonamides is 1. The molecule has 1 fully saturated rings. The molecule has 0 radical (unpaired) electrons. The Bertz CT molecular complexity index is 1800. The Morgan fingerprint density at radius 2 is 1.34 bits per heavy atom. The molecule has 0 spiro atoms. The van der Waals surface area contributed by atoms with Crippen LogP contribution < -0.4 is 0 Å². The molecular formula is C39H44F3N3O4S. The first kappa shape index (κ1) is 37.0. The van der Waals surface area contributed by atoms with Crippen molar-refractivity contribution in [3.63, 3.8) is 0 Å². The van der Waals surface area contributed by atoms with Crippen molar-refractivity contribution in [1.82, 2.24) is 14.2 Å². The van der Waals surface area contributed by atoms with Crippen molar-refractivity contribution >= 4 is 16.1 Å². The molecule has 0 unspecified atom stereocenters. The number of nitrogens with zero attached hydrogens (tertiary/aromatic N) is 3. The van der Waals surface area contributed by atoms with Gasteiger partial charge in [-0.2, -0.15) is 17.5 Å². The number of halogens is 3. The number of carbonyl (C=O) groups is 1. The smallest absolute Gasteiger partial charge is 0.416 e. The van der Waals surface area contributed by atoms with Crippen LogP contribution in [-0.4, -0.2) is 40.8 Å². The van der Waals surface area contributed by atoms with Crippen LogP contribution in [0.4, 0.5) is 18.0 Å². The van der Waals surface area contributed by atoms with E-state index in [2.05, 4.69) is 4.98 Å². The van der Waals surface area contributed by atoms with Crippen molar-refractivity contribution in [2.75, 3.05) is 6.54 Å². The molecule has 1 saturated carbocycles. The molecule has 1 aliphatic rings. The zero-order valence-electron chi connectivity index (χ0n) is 28.7. The number of aromatic nitrogens is 1. The third-order valence-electron chi connectivity index (χ3n) is 8.73. The minimum Gasteiger partial charge on any atom is -0.444 e. The van der Waals surface area contributed by atoms with E-state index in [4.69, 9.17) is 4.74 Å². The van der Waals surface area contributed by atoms with Crippen LogP contribution in [0.3, 0.4) is 0 Å². The SMILES string of the molecule is CC(C)(C)OC(=O)N(Cc1ccc(-c2ccc(CN(Cc3cccnc3)S(=O)(=O)c3ccc(C(F)(F)F)cc3)cc2)cc1)CC1CCCCC1. The highest BCUT2D eigenvalue weighted by atomic mass is 32.2. The molecule has 1 aliphatic carbocycles. The normalized spacial score (nSPS) is 14.5. The molecular weight excluding hydrogens is 664 g/mol. The molecule has 4 aromatic rings. The number of hydrogen-bond donors (Lipinski definition) is 0. The van der Waals surface area contributed by atoms with Crippen LogP contribution in [0.1, 0.15) is 75.1 Å². The highest BCUT2D eigenvalue weighted by Gasteiger charge is 2.32. The van der Waals surface area contributed by atoms with Crippen LogP contribution in [0.5, 0.6) is 0 Å². The molecule has 0 bridgehead atoms. The van der Waals surface area contributed by atoms with Crippen molar-refractivity contribution in [3.8, 4) is 11.1 Å². The van der Waals surface area contributed by atoms with Gasteiger partial charge in [-0.05, 0) is 97.7 Å². The van der Waals surface area contributed by atoms with Gasteiger partial charge >= 0.3 is 12.3 Å². The van der Waals surface area contributed by atoms with Gasteiger partial charge in [-0.1, -0.05) is 73.9 Å². The quantitative estimate of drug-likeness (QED) is 0.155. The van der Waals surface area contributed by atoms with Crippen LogP contribution in [0.15, 0.2) is 102 Å². The molecule has 266 valence electrons. The third kappa shape index (κ3) is 10.2. The minimum atomic E-state index is -4.57. The molecule has 0 atom stereocenters. The maximum Gasteiger partial charge on any atom is 0.416 e. The minimum absolute atomic E-state index is 0.00103. The van der Waals surface area contributed by atoms with Crippen molar-refractivity contribution < 1.29 is 31.1 Å². The highest BCUT2D eigenvalue weighted by Crippen LogP contribution is 2.31. The largest absolute Gasteiger partial charge is 0.444 e. The molecule has 0 N–H and O–H groups in total. The summed E-state index contributed by atoms with van der Waals surface area (Å²) in [6.07, 6.45) is 4.14. The second-order valence-corrected chi connectivity index (χ2v) is 15.9. The van der Waals surface area contributed by atoms with Crippen LogP contribution in [0.25, 0.3) is 11.1 Å². The second kappa shape index (κ2) is 15.8. The van der Waals surface area contributed by atoms with Crippen molar-refractivity contribution in [3.05, 3.63) is 120 Å². The second-order valence-electron chi connectivity index (χ2n) is 13.9. The van der Waals surface area contributed by atoms with E-state index in [0.717, 1.165) is 53.8 Å². The van der Waals surface area contributed by atoms with Crippen LogP contribution in [0.2, 0.25) is 0 Å². The van der Waals surface area contributed by atoms with Crippen LogP contribution in [-0.2, 0) is 40.6 Å². The summed E-state index contributed by atoms with van der Waals surface area (Å²) in [4.78, 5) is 18.8. The molecule has 0 saturated heterocycles. The number of hydrogen-bond acceptors (Lipinski definition) is 5. The number of benzene rings is 3. The van der Waals surface area contributed by atoms with Crippen molar-refractivity contribution in [1.29, 1.82) is 0 Å². The molecule has 50 heavy (non-hydrogen) atoms. The molecule has 7 nitrogen and oxygen atoms in total. The average Bonchev–Trinajstić information content (AvgIpc) is 3.08. The van der Waals surface area contributed by atoms with Gasteiger partial charge in [0.1, 0.15) is 5.60 Å². The fraction of sp³-hybridized carbons (Fsp3) is 0.385. The monoisotopic (exact) mass is 707 g/mol. The summed E-state index contributed by atoms with van der Waals surface area (Å²) in [7, 11) is -4.16. The predicted molar refractivity (Wildman–Crippen MR) is 187 cm³/mol. The van der Waals surface area contributed by atoms with Gasteiger partial charge in [0, 0.05) is 38.6 Å². The lowest BCUT2D eigenvalue weighted by molar-refractivity contribution is -0.137. The molecule has 1 amide bonds. The van der Waals surface area contributed by atoms with Crippen LogP contribution in [0, 0.1) is 5.92 Å². The Hall–Kier alpha value is -4.22. The van der Waals surface area contributed by atoms with Gasteiger partial charge < -0.3 is 9.64 Å². The maximum absolute atomic E-state index is 13.7. The fourth-order valence-corrected chi connectivity index (χ4v) is 7.54. The summed E-state index contributed by atoms with van der Waals surface area (Å²) in [6.45, 7) is 6.73. The Kier molecular flexibility index (Phi) is 11.7. The first-order valence-corrected chi connectivity index (χ1v) is 18.3. The molecule has 3 aromatic carbocycles. The molecule has 1 aromatic heterocycles. The lowest BCUT2D eigenvalue weighted by atomic mass is 9.89. The Labute approximate surface area is 293 Å². The first-order chi connectivity index (χ1) is 23.7. The van der Waals surface area contributed by atoms with Crippen LogP contribution >= 0.6 is 0 Å². The summed E-state index contributed by atoms with van der Waals surface area (Å²) in [5, 5.41) is 0. The maximum atomic E-state index is 13.7. The summed E-state index contributed by atoms with van der Waals surface area (Å²) >= 11 is 0. The predicted octanol–water partition coefficient (Wildman–Crippen LogP) is 9.48. The fourth-order valence-electron chi connectivity index (χ4n) is 6.13. The number of alkyl halides is 3. The van der Waals surface area contributed by atoms with E-state index in [1.165, 1.54) is 23.6 Å². The van der Waals surface area contributed by atoms with Gasteiger partial charge in [0.2, 0.25) is 10.0 Å². The van der Waals surface area contributed by atoms with E-state index in [1.54, 1.807) is 24.5 Å². The molecule has 1 heterocycles. The average molecular weight is 708 g/mol. The van der Waals surface area contributed by atoms with Gasteiger partial charge in [-0.3, -0.25) is 4.98 Å². The molecule has 5 rings (SSSR count). The zero-order chi connectivity index (χ0) is 35.9. The van der Waals surface area contributed by atoms with E-state index in [1.807, 2.05) is 74.2 Å². The number of ether oxygens (including phenoxy) is 1. The summed E-state index contributed by atoms with van der Waals surface area (Å²) < 4.78 is 73.8. The Morgan fingerprint density at radius 3 is 1.86 bits per heavy atom. The van der Waals surface area contributed by atoms with E-state index >= 15 is 0 Å². The summed E-state index contributed by atoms with van der Waals surface area (Å²) in [5.74, 6) is 0.472. The lowest BCUT2D eigenvalue weighted by Gasteiger charge is -2.32. The topological polar surface area (TPSA) is 79.8 Å². The third-order valence-corrected chi connectivity index (χ3v) is 10.5. The number of carbonyl (C=O) groups excluding carboxylic acids is 1. The van der Waals surface area contributed by atoms with Gasteiger partial charge in [0.25, 0.3) is 0 Å². The van der Waals surface area contributed by atoms with Gasteiger partial charge in [-0.15, -0.1) is 0 Å². The first-order valence-electron chi connectivity index (χ1n) is 16.9. The Balaban J connectivity index is 1.31. The molecule has 11 heteroatoms. The standard InChI is InChI=1S/C39H44F3N3O4S/c1-38(2,3)49-37(46)44(25-29-8-5-4-6-9-29)26-30-11-15-33(16-12-30)34-17-13-31(14-18-34)27-45(28-32-10-7-23-43-24-32)50(47,48)36-21-19-35(20-22-36)39(40,41)42/h7,10-24,29H,4-6,8-9,25-28H2,1-3H3. The number of rotatable bonds is 11. The zero-order valence-corrected chi connectivity index (χ0v) is 29.5. The van der Waals surface area contributed by atoms with E-state index in [-0.39, 0.29) is 24.1 Å². The van der Waals surface area contributed by atoms with Gasteiger partial charge in [-0.25, -0.2) is 13.2 Å². The van der Waals surface area contributed by atoms with E-state index in [9.17, 15) is 26.4 Å². The summed E-state index contributed by atoms with van der Waals surface area (Å²) in [5.41, 5.74) is 2.73. The van der Waals surface area contributed by atoms with Gasteiger partial charge in [0.05, 0.1) is 10.5 Å². The number of amides is 1. The lowest BCUT2D eigenvalue weighted by Crippen LogP contribution is -2.39. The van der Waals surface area contributed by atoms with E-state index < -0.39 is 27.4 Å². The number of pyridine rings is 1. The molecule has 0 aliphatic heterocycles. The van der Waals surface area contributed by atoms with Crippen molar-refractivity contribution in [2.24, 2.45) is 5.92 Å². The summed E-state index contributed by atoms with van der Waals surface area (Å²) in [6, 6.07) is 22.5. The highest BCUT2D eigenvalue weighted by molar-refractivity contribution is 7.89. The van der Waals surface area contributed by atoms with E-state index in [0.29, 0.717) is 30.1 Å². The van der Waals surface area contributed by atoms with Gasteiger partial charge in [0.15, 0.2) is 0 Å². The van der Waals surface area contributed by atoms with Crippen molar-refractivity contribution in [2.45, 2.75) is 89.2 Å². The Morgan fingerprint density at radius 1 is 0.780 bits per heavy atom.